The molecule has 0 spiro atoms. The van der Waals surface area contributed by atoms with Gasteiger partial charge in [0.15, 0.2) is 0 Å². The van der Waals surface area contributed by atoms with E-state index in [-0.39, 0.29) is 11.9 Å². The van der Waals surface area contributed by atoms with Gasteiger partial charge in [-0.05, 0) is 36.4 Å². The third-order valence-corrected chi connectivity index (χ3v) is 4.60. The number of rotatable bonds is 5. The normalized spacial score (nSPS) is 16.2. The molecule has 0 aliphatic carbocycles. The molecule has 0 fully saturated rings. The summed E-state index contributed by atoms with van der Waals surface area (Å²) in [5.41, 5.74) is 3.23. The predicted molar refractivity (Wildman–Crippen MR) is 108 cm³/mol. The molecule has 1 atom stereocenters. The van der Waals surface area contributed by atoms with Crippen molar-refractivity contribution >= 4 is 17.3 Å². The Bertz CT molecular complexity index is 968. The van der Waals surface area contributed by atoms with E-state index in [1.165, 1.54) is 0 Å². The molecule has 1 aliphatic heterocycles. The zero-order chi connectivity index (χ0) is 18.6. The zero-order valence-electron chi connectivity index (χ0n) is 15.0. The molecule has 0 saturated carbocycles. The van der Waals surface area contributed by atoms with Crippen LogP contribution in [-0.4, -0.2) is 13.0 Å². The first-order valence-electron chi connectivity index (χ1n) is 8.83. The van der Waals surface area contributed by atoms with Crippen molar-refractivity contribution in [2.45, 2.75) is 6.04 Å². The molecule has 27 heavy (non-hydrogen) atoms. The van der Waals surface area contributed by atoms with Crippen molar-refractivity contribution in [3.63, 3.8) is 0 Å². The maximum Gasteiger partial charge on any atom is 0.275 e. The first-order valence-corrected chi connectivity index (χ1v) is 8.83. The minimum atomic E-state index is -0.248. The van der Waals surface area contributed by atoms with Gasteiger partial charge in [0, 0.05) is 16.9 Å². The summed E-state index contributed by atoms with van der Waals surface area (Å²) in [6.07, 6.45) is 1.96. The molecule has 4 heteroatoms. The average Bonchev–Trinajstić information content (AvgIpc) is 3.05. The largest absolute Gasteiger partial charge is 0.496 e. The van der Waals surface area contributed by atoms with Crippen LogP contribution >= 0.6 is 0 Å². The number of benzene rings is 3. The van der Waals surface area contributed by atoms with Gasteiger partial charge in [-0.1, -0.05) is 54.6 Å². The quantitative estimate of drug-likeness (QED) is 0.715. The van der Waals surface area contributed by atoms with Crippen LogP contribution in [0.15, 0.2) is 96.7 Å². The first kappa shape index (κ1) is 16.9. The van der Waals surface area contributed by atoms with Crippen LogP contribution < -0.4 is 15.0 Å². The number of carbonyl (C=O) groups excluding carboxylic acids is 1. The van der Waals surface area contributed by atoms with Crippen LogP contribution in [0, 0.1) is 0 Å². The van der Waals surface area contributed by atoms with Crippen LogP contribution in [0.4, 0.5) is 11.4 Å². The van der Waals surface area contributed by atoms with Gasteiger partial charge in [0.2, 0.25) is 0 Å². The first-order chi connectivity index (χ1) is 13.3. The zero-order valence-corrected chi connectivity index (χ0v) is 15.0. The maximum absolute atomic E-state index is 13.2. The Hall–Kier alpha value is -3.53. The molecule has 0 radical (unpaired) electrons. The van der Waals surface area contributed by atoms with Gasteiger partial charge in [0.25, 0.3) is 5.91 Å². The van der Waals surface area contributed by atoms with Crippen LogP contribution in [0.3, 0.4) is 0 Å². The Morgan fingerprint density at radius 1 is 0.852 bits per heavy atom. The fourth-order valence-corrected chi connectivity index (χ4v) is 3.34. The highest BCUT2D eigenvalue weighted by atomic mass is 16.5. The molecule has 4 nitrogen and oxygen atoms in total. The van der Waals surface area contributed by atoms with Crippen molar-refractivity contribution < 1.29 is 9.53 Å². The number of nitrogens with one attached hydrogen (secondary N) is 1. The number of ether oxygens (including phenoxy) is 1. The monoisotopic (exact) mass is 356 g/mol. The topological polar surface area (TPSA) is 41.6 Å². The Labute approximate surface area is 158 Å². The SMILES string of the molecule is COc1ccccc1[C@H]1C=C(Nc2ccccc2)C(=O)N1c1ccccc1. The number of hydrogen-bond acceptors (Lipinski definition) is 3. The summed E-state index contributed by atoms with van der Waals surface area (Å²) in [5.74, 6) is 0.689. The molecule has 0 aromatic heterocycles. The molecule has 134 valence electrons. The third-order valence-electron chi connectivity index (χ3n) is 4.60. The second-order valence-electron chi connectivity index (χ2n) is 6.27. The molecule has 0 saturated heterocycles. The van der Waals surface area contributed by atoms with Crippen LogP contribution in [0.5, 0.6) is 5.75 Å². The lowest BCUT2D eigenvalue weighted by atomic mass is 10.0. The summed E-state index contributed by atoms with van der Waals surface area (Å²) < 4.78 is 5.54. The number of amides is 1. The highest BCUT2D eigenvalue weighted by Crippen LogP contribution is 2.39. The number of anilines is 2. The summed E-state index contributed by atoms with van der Waals surface area (Å²) in [6, 6.07) is 27.0. The number of carbonyl (C=O) groups is 1. The smallest absolute Gasteiger partial charge is 0.275 e. The van der Waals surface area contributed by atoms with Gasteiger partial charge in [-0.2, -0.15) is 0 Å². The minimum Gasteiger partial charge on any atom is -0.496 e. The van der Waals surface area contributed by atoms with E-state index in [9.17, 15) is 4.79 Å². The lowest BCUT2D eigenvalue weighted by molar-refractivity contribution is -0.114. The van der Waals surface area contributed by atoms with Crippen molar-refractivity contribution in [2.75, 3.05) is 17.3 Å². The van der Waals surface area contributed by atoms with Crippen LogP contribution in [-0.2, 0) is 4.79 Å². The third kappa shape index (κ3) is 3.29. The molecule has 4 rings (SSSR count). The highest BCUT2D eigenvalue weighted by molar-refractivity contribution is 6.11. The van der Waals surface area contributed by atoms with Crippen molar-refractivity contribution in [3.8, 4) is 5.75 Å². The van der Waals surface area contributed by atoms with E-state index in [2.05, 4.69) is 5.32 Å². The van der Waals surface area contributed by atoms with E-state index in [1.54, 1.807) is 12.0 Å². The highest BCUT2D eigenvalue weighted by Gasteiger charge is 2.36. The van der Waals surface area contributed by atoms with Crippen molar-refractivity contribution in [3.05, 3.63) is 102 Å². The van der Waals surface area contributed by atoms with Crippen molar-refractivity contribution in [1.29, 1.82) is 0 Å². The Kier molecular flexibility index (Phi) is 4.62. The molecular weight excluding hydrogens is 336 g/mol. The fourth-order valence-electron chi connectivity index (χ4n) is 3.34. The molecular formula is C23H20N2O2. The van der Waals surface area contributed by atoms with Crippen LogP contribution in [0.25, 0.3) is 0 Å². The summed E-state index contributed by atoms with van der Waals surface area (Å²) in [6.45, 7) is 0. The van der Waals surface area contributed by atoms with E-state index in [4.69, 9.17) is 4.74 Å². The van der Waals surface area contributed by atoms with Gasteiger partial charge in [-0.3, -0.25) is 9.69 Å². The van der Waals surface area contributed by atoms with Crippen LogP contribution in [0.2, 0.25) is 0 Å². The maximum atomic E-state index is 13.2. The number of hydrogen-bond donors (Lipinski definition) is 1. The van der Waals surface area contributed by atoms with Gasteiger partial charge in [0.1, 0.15) is 11.4 Å². The Morgan fingerprint density at radius 3 is 2.19 bits per heavy atom. The van der Waals surface area contributed by atoms with Crippen LogP contribution in [0.1, 0.15) is 11.6 Å². The fraction of sp³-hybridized carbons (Fsp3) is 0.0870. The summed E-state index contributed by atoms with van der Waals surface area (Å²) >= 11 is 0. The standard InChI is InChI=1S/C23H20N2O2/c1-27-22-15-9-8-14-19(22)21-16-20(24-17-10-4-2-5-11-17)23(26)25(21)18-12-6-3-7-13-18/h2-16,21,24H,1H3/t21-/m1/s1. The van der Waals surface area contributed by atoms with Gasteiger partial charge in [-0.15, -0.1) is 0 Å². The molecule has 0 bridgehead atoms. The lowest BCUT2D eigenvalue weighted by Crippen LogP contribution is -2.30. The average molecular weight is 356 g/mol. The summed E-state index contributed by atoms with van der Waals surface area (Å²) in [5, 5.41) is 3.26. The number of nitrogens with zero attached hydrogens (tertiary/aromatic N) is 1. The van der Waals surface area contributed by atoms with E-state index >= 15 is 0 Å². The van der Waals surface area contributed by atoms with E-state index < -0.39 is 0 Å². The van der Waals surface area contributed by atoms with Crippen molar-refractivity contribution in [2.24, 2.45) is 0 Å². The number of methoxy groups -OCH3 is 1. The van der Waals surface area contributed by atoms with Gasteiger partial charge in [-0.25, -0.2) is 0 Å². The predicted octanol–water partition coefficient (Wildman–Crippen LogP) is 4.78. The van der Waals surface area contributed by atoms with E-state index in [0.717, 1.165) is 22.7 Å². The molecule has 1 N–H and O–H groups in total. The molecule has 1 aliphatic rings. The summed E-state index contributed by atoms with van der Waals surface area (Å²) in [7, 11) is 1.65. The van der Waals surface area contributed by atoms with Gasteiger partial charge in [0.05, 0.1) is 13.2 Å². The Balaban J connectivity index is 1.77. The summed E-state index contributed by atoms with van der Waals surface area (Å²) in [4.78, 5) is 15.0. The second-order valence-corrected chi connectivity index (χ2v) is 6.27. The van der Waals surface area contributed by atoms with Gasteiger partial charge >= 0.3 is 0 Å². The minimum absolute atomic E-state index is 0.0686. The molecule has 3 aromatic carbocycles. The molecule has 0 unspecified atom stereocenters. The molecule has 1 heterocycles. The van der Waals surface area contributed by atoms with E-state index in [1.807, 2.05) is 91.0 Å². The second kappa shape index (κ2) is 7.38. The number of para-hydroxylation sites is 3. The van der Waals surface area contributed by atoms with Gasteiger partial charge < -0.3 is 10.1 Å². The van der Waals surface area contributed by atoms with Crippen molar-refractivity contribution in [1.82, 2.24) is 0 Å². The van der Waals surface area contributed by atoms with E-state index in [0.29, 0.717) is 5.70 Å². The lowest BCUT2D eigenvalue weighted by Gasteiger charge is -2.26. The molecule has 3 aromatic rings. The Morgan fingerprint density at radius 2 is 1.48 bits per heavy atom. The molecule has 1 amide bonds.